The van der Waals surface area contributed by atoms with Crippen LogP contribution in [0.3, 0.4) is 0 Å². The molecule has 0 amide bonds. The van der Waals surface area contributed by atoms with Crippen molar-refractivity contribution in [3.05, 3.63) is 54.0 Å². The fraction of sp³-hybridized carbons (Fsp3) is 0.321. The van der Waals surface area contributed by atoms with Crippen LogP contribution in [0.15, 0.2) is 42.6 Å². The normalized spacial score (nSPS) is 11.2. The number of nitrogen functional groups attached to an aromatic ring is 2. The number of hydrogen-bond acceptors (Lipinski definition) is 9. The van der Waals surface area contributed by atoms with Crippen molar-refractivity contribution in [2.24, 2.45) is 0 Å². The molecule has 0 saturated heterocycles. The highest BCUT2D eigenvalue weighted by molar-refractivity contribution is 7.92. The number of anilines is 3. The van der Waals surface area contributed by atoms with E-state index in [2.05, 4.69) is 19.7 Å². The van der Waals surface area contributed by atoms with Crippen LogP contribution in [-0.2, 0) is 14.8 Å². The predicted molar refractivity (Wildman–Crippen MR) is 158 cm³/mol. The number of aromatic nitrogens is 3. The number of sulfonamides is 1. The van der Waals surface area contributed by atoms with Crippen LogP contribution in [0, 0.1) is 12.7 Å². The third-order valence-electron chi connectivity index (χ3n) is 5.85. The summed E-state index contributed by atoms with van der Waals surface area (Å²) in [7, 11) is -2.20. The first kappa shape index (κ1) is 30.5. The van der Waals surface area contributed by atoms with E-state index in [0.29, 0.717) is 45.8 Å². The highest BCUT2D eigenvalue weighted by Crippen LogP contribution is 2.37. The van der Waals surface area contributed by atoms with Crippen LogP contribution in [0.25, 0.3) is 33.4 Å². The van der Waals surface area contributed by atoms with Gasteiger partial charge in [0.2, 0.25) is 10.0 Å². The maximum Gasteiger partial charge on any atom is 0.232 e. The summed E-state index contributed by atoms with van der Waals surface area (Å²) in [6.45, 7) is 9.23. The maximum atomic E-state index is 15.4. The monoisotopic (exact) mass is 570 g/mol. The van der Waals surface area contributed by atoms with E-state index >= 15 is 4.39 Å². The molecular formula is C28H35FN6O4S. The van der Waals surface area contributed by atoms with Gasteiger partial charge in [-0.25, -0.2) is 27.8 Å². The number of pyridine rings is 1. The molecule has 0 bridgehead atoms. The van der Waals surface area contributed by atoms with E-state index in [9.17, 15) is 8.42 Å². The van der Waals surface area contributed by atoms with Crippen LogP contribution in [0.1, 0.15) is 32.8 Å². The molecule has 5 N–H and O–H groups in total. The number of nitrogens with one attached hydrogen (secondary N) is 1. The summed E-state index contributed by atoms with van der Waals surface area (Å²) in [6.07, 6.45) is 1.97. The van der Waals surface area contributed by atoms with Gasteiger partial charge in [-0.1, -0.05) is 19.1 Å². The fourth-order valence-corrected chi connectivity index (χ4v) is 5.03. The Morgan fingerprint density at radius 2 is 1.73 bits per heavy atom. The lowest BCUT2D eigenvalue weighted by atomic mass is 10.0. The topological polar surface area (TPSA) is 155 Å². The molecule has 214 valence electrons. The summed E-state index contributed by atoms with van der Waals surface area (Å²) in [6, 6.07) is 9.56. The van der Waals surface area contributed by atoms with Crippen molar-refractivity contribution in [3.63, 3.8) is 0 Å². The minimum absolute atomic E-state index is 0.111. The van der Waals surface area contributed by atoms with E-state index < -0.39 is 15.8 Å². The summed E-state index contributed by atoms with van der Waals surface area (Å²) in [5.74, 6) is 0.443. The van der Waals surface area contributed by atoms with E-state index in [1.54, 1.807) is 37.4 Å². The van der Waals surface area contributed by atoms with Gasteiger partial charge in [-0.15, -0.1) is 0 Å². The smallest absolute Gasteiger partial charge is 0.232 e. The van der Waals surface area contributed by atoms with Crippen molar-refractivity contribution < 1.29 is 22.3 Å². The molecule has 40 heavy (non-hydrogen) atoms. The lowest BCUT2D eigenvalue weighted by molar-refractivity contribution is 0.162. The van der Waals surface area contributed by atoms with Crippen LogP contribution >= 0.6 is 0 Å². The maximum absolute atomic E-state index is 15.4. The van der Waals surface area contributed by atoms with Crippen molar-refractivity contribution in [1.29, 1.82) is 0 Å². The van der Waals surface area contributed by atoms with Gasteiger partial charge < -0.3 is 20.9 Å². The zero-order chi connectivity index (χ0) is 29.4. The minimum atomic E-state index is -3.66. The first-order chi connectivity index (χ1) is 19.0. The first-order valence-electron chi connectivity index (χ1n) is 12.8. The number of fused-ring (bicyclic) bond motifs is 1. The van der Waals surface area contributed by atoms with Gasteiger partial charge in [0.15, 0.2) is 11.6 Å². The molecular weight excluding hydrogens is 535 g/mol. The molecule has 4 aromatic rings. The average Bonchev–Trinajstić information content (AvgIpc) is 2.91. The quantitative estimate of drug-likeness (QED) is 0.247. The molecule has 2 aromatic carbocycles. The molecule has 2 heterocycles. The predicted octanol–water partition coefficient (Wildman–Crippen LogP) is 5.17. The van der Waals surface area contributed by atoms with Crippen LogP contribution < -0.4 is 20.9 Å². The number of methoxy groups -OCH3 is 1. The van der Waals surface area contributed by atoms with Gasteiger partial charge in [-0.05, 0) is 62.6 Å². The number of hydrogen-bond donors (Lipinski definition) is 3. The van der Waals surface area contributed by atoms with E-state index in [1.165, 1.54) is 13.2 Å². The number of halogens is 1. The van der Waals surface area contributed by atoms with Crippen molar-refractivity contribution in [2.75, 3.05) is 42.3 Å². The summed E-state index contributed by atoms with van der Waals surface area (Å²) in [5, 5.41) is 0.458. The Morgan fingerprint density at radius 3 is 2.33 bits per heavy atom. The molecule has 0 saturated carbocycles. The molecule has 0 unspecified atom stereocenters. The van der Waals surface area contributed by atoms with E-state index in [-0.39, 0.29) is 22.8 Å². The number of ether oxygens (including phenoxy) is 2. The molecule has 0 aliphatic rings. The molecule has 0 fully saturated rings. The lowest BCUT2D eigenvalue weighted by Gasteiger charge is -2.14. The Morgan fingerprint density at radius 1 is 1.00 bits per heavy atom. The Kier molecular flexibility index (Phi) is 10.2. The van der Waals surface area contributed by atoms with Crippen LogP contribution in [-0.4, -0.2) is 49.4 Å². The van der Waals surface area contributed by atoms with Gasteiger partial charge in [0.05, 0.1) is 18.6 Å². The van der Waals surface area contributed by atoms with E-state index in [0.717, 1.165) is 18.8 Å². The van der Waals surface area contributed by atoms with Gasteiger partial charge in [0.25, 0.3) is 0 Å². The van der Waals surface area contributed by atoms with E-state index in [4.69, 9.17) is 20.9 Å². The van der Waals surface area contributed by atoms with Gasteiger partial charge in [-0.2, -0.15) is 0 Å². The zero-order valence-corrected chi connectivity index (χ0v) is 24.1. The van der Waals surface area contributed by atoms with Gasteiger partial charge in [0.1, 0.15) is 22.9 Å². The second-order valence-electron chi connectivity index (χ2n) is 8.80. The molecule has 2 aromatic heterocycles. The second-order valence-corrected chi connectivity index (χ2v) is 10.6. The molecule has 0 spiro atoms. The van der Waals surface area contributed by atoms with Gasteiger partial charge >= 0.3 is 0 Å². The second kappa shape index (κ2) is 13.4. The zero-order valence-electron chi connectivity index (χ0n) is 23.3. The number of nitrogens with zero attached hydrogens (tertiary/aromatic N) is 3. The molecule has 0 aliphatic heterocycles. The van der Waals surface area contributed by atoms with Crippen LogP contribution in [0.4, 0.5) is 21.7 Å². The van der Waals surface area contributed by atoms with Crippen molar-refractivity contribution in [2.45, 2.75) is 34.1 Å². The summed E-state index contributed by atoms with van der Waals surface area (Å²) in [5.41, 5.74) is 14.4. The Bertz CT molecular complexity index is 1600. The third kappa shape index (κ3) is 7.13. The summed E-state index contributed by atoms with van der Waals surface area (Å²) < 4.78 is 52.4. The number of benzene rings is 2. The Hall–Kier alpha value is -4.03. The average molecular weight is 571 g/mol. The highest BCUT2D eigenvalue weighted by Gasteiger charge is 2.19. The summed E-state index contributed by atoms with van der Waals surface area (Å²) in [4.78, 5) is 13.2. The van der Waals surface area contributed by atoms with Crippen LogP contribution in [0.5, 0.6) is 5.75 Å². The molecule has 0 radical (unpaired) electrons. The molecule has 4 rings (SSSR count). The van der Waals surface area contributed by atoms with E-state index in [1.807, 2.05) is 26.8 Å². The standard InChI is InChI=1S/C24H25FN6O3S.C4H10O/c1-4-8-35(32,33)31-18-7-5-6-16(20(18)25)14-10-17-21(19(11-14)34-3)29-24(30-23(17)27)15-9-13(2)22(26)28-12-15;1-3-5-4-2/h5-7,9-12,31H,4,8H2,1-3H3,(H2,26,28)(H2,27,29,30);3-4H2,1-2H3. The van der Waals surface area contributed by atoms with Crippen molar-refractivity contribution >= 4 is 38.2 Å². The summed E-state index contributed by atoms with van der Waals surface area (Å²) >= 11 is 0. The Labute approximate surface area is 234 Å². The Balaban J connectivity index is 0.000000810. The number of nitrogens with two attached hydrogens (primary N) is 2. The largest absolute Gasteiger partial charge is 0.494 e. The minimum Gasteiger partial charge on any atom is -0.494 e. The number of rotatable bonds is 9. The van der Waals surface area contributed by atoms with Gasteiger partial charge in [-0.3, -0.25) is 4.72 Å². The molecule has 12 heteroatoms. The molecule has 10 nitrogen and oxygen atoms in total. The van der Waals surface area contributed by atoms with Gasteiger partial charge in [0, 0.05) is 35.9 Å². The van der Waals surface area contributed by atoms with Crippen molar-refractivity contribution in [3.8, 4) is 28.3 Å². The number of aryl methyl sites for hydroxylation is 1. The van der Waals surface area contributed by atoms with Crippen LogP contribution in [0.2, 0.25) is 0 Å². The molecule has 0 atom stereocenters. The van der Waals surface area contributed by atoms with Crippen molar-refractivity contribution in [1.82, 2.24) is 15.0 Å². The lowest BCUT2D eigenvalue weighted by Crippen LogP contribution is -2.17. The SMILES string of the molecule is CCCS(=O)(=O)Nc1cccc(-c2cc(OC)c3nc(-c4cnc(N)c(C)c4)nc(N)c3c2)c1F.CCOCC. The highest BCUT2D eigenvalue weighted by atomic mass is 32.2. The molecule has 0 aliphatic carbocycles. The first-order valence-corrected chi connectivity index (χ1v) is 14.4. The fourth-order valence-electron chi connectivity index (χ4n) is 3.90. The third-order valence-corrected chi connectivity index (χ3v) is 7.32.